The summed E-state index contributed by atoms with van der Waals surface area (Å²) in [6, 6.07) is 143. The highest BCUT2D eigenvalue weighted by molar-refractivity contribution is 7.25. The van der Waals surface area contributed by atoms with Crippen molar-refractivity contribution in [3.8, 4) is 51.5 Å². The number of para-hydroxylation sites is 6. The van der Waals surface area contributed by atoms with E-state index in [0.717, 1.165) is 105 Å². The first kappa shape index (κ1) is 66.4. The van der Waals surface area contributed by atoms with Crippen LogP contribution in [0.5, 0.6) is 0 Å². The van der Waals surface area contributed by atoms with Crippen molar-refractivity contribution in [3.05, 3.63) is 394 Å². The van der Waals surface area contributed by atoms with Crippen LogP contribution < -0.4 is 0 Å². The van der Waals surface area contributed by atoms with Gasteiger partial charge in [0.1, 0.15) is 0 Å². The Hall–Kier alpha value is -15.9. The Kier molecular flexibility index (Phi) is 14.3. The van der Waals surface area contributed by atoms with Crippen LogP contribution in [0.3, 0.4) is 0 Å². The van der Waals surface area contributed by atoms with E-state index in [1.165, 1.54) is 129 Å². The number of benzene rings is 19. The third kappa shape index (κ3) is 9.82. The molecule has 0 atom stereocenters. The van der Waals surface area contributed by atoms with Crippen molar-refractivity contribution in [3.63, 3.8) is 0 Å². The summed E-state index contributed by atoms with van der Waals surface area (Å²) in [5.41, 5.74) is 20.4. The molecule has 556 valence electrons. The van der Waals surface area contributed by atoms with Gasteiger partial charge in [-0.05, 0) is 164 Å². The van der Waals surface area contributed by atoms with Crippen molar-refractivity contribution < 1.29 is 0 Å². The predicted molar refractivity (Wildman–Crippen MR) is 505 cm³/mol. The number of hydrogen-bond donors (Lipinski definition) is 0. The molecular formula is C110H65N9S. The fourth-order valence-electron chi connectivity index (χ4n) is 19.9. The second-order valence-electron chi connectivity index (χ2n) is 31.5. The normalized spacial score (nSPS) is 12.2. The van der Waals surface area contributed by atoms with E-state index in [4.69, 9.17) is 19.9 Å². The molecule has 0 radical (unpaired) electrons. The van der Waals surface area contributed by atoms with Gasteiger partial charge < -0.3 is 13.7 Å². The van der Waals surface area contributed by atoms with Crippen molar-refractivity contribution in [1.82, 2.24) is 42.8 Å². The summed E-state index contributed by atoms with van der Waals surface area (Å²) in [6.45, 7) is 0. The zero-order valence-corrected chi connectivity index (χ0v) is 65.3. The van der Waals surface area contributed by atoms with Crippen LogP contribution in [0.25, 0.3) is 246 Å². The molecule has 0 spiro atoms. The van der Waals surface area contributed by atoms with E-state index in [9.17, 15) is 0 Å². The minimum atomic E-state index is 0.632. The van der Waals surface area contributed by atoms with Gasteiger partial charge in [-0.1, -0.05) is 273 Å². The van der Waals surface area contributed by atoms with Gasteiger partial charge in [0.25, 0.3) is 0 Å². The van der Waals surface area contributed by atoms with E-state index in [2.05, 4.69) is 417 Å². The number of nitrogens with zero attached hydrogens (tertiary/aromatic N) is 9. The lowest BCUT2D eigenvalue weighted by atomic mass is 10.0. The molecular weight excluding hydrogens is 1480 g/mol. The van der Waals surface area contributed by atoms with Gasteiger partial charge in [0, 0.05) is 102 Å². The molecule has 8 heterocycles. The first-order valence-corrected chi connectivity index (χ1v) is 41.6. The topological polar surface area (TPSA) is 76.2 Å². The first-order chi connectivity index (χ1) is 59.5. The van der Waals surface area contributed by atoms with Crippen molar-refractivity contribution in [1.29, 1.82) is 0 Å². The lowest BCUT2D eigenvalue weighted by Crippen LogP contribution is -2.04. The Labute approximate surface area is 689 Å². The van der Waals surface area contributed by atoms with Crippen molar-refractivity contribution in [2.24, 2.45) is 0 Å². The summed E-state index contributed by atoms with van der Waals surface area (Å²) in [5, 5.41) is 26.4. The van der Waals surface area contributed by atoms with Crippen LogP contribution >= 0.6 is 11.3 Å². The maximum absolute atomic E-state index is 5.62. The van der Waals surface area contributed by atoms with E-state index in [-0.39, 0.29) is 0 Å². The fourth-order valence-corrected chi connectivity index (χ4v) is 21.0. The highest BCUT2D eigenvalue weighted by Crippen LogP contribution is 2.48. The summed E-state index contributed by atoms with van der Waals surface area (Å²) in [5.74, 6) is 1.29. The summed E-state index contributed by atoms with van der Waals surface area (Å²) in [7, 11) is 0. The van der Waals surface area contributed by atoms with E-state index >= 15 is 0 Å². The first-order valence-electron chi connectivity index (χ1n) is 40.8. The fraction of sp³-hybridized carbons (Fsp3) is 0. The maximum Gasteiger partial charge on any atom is 0.235 e. The minimum Gasteiger partial charge on any atom is -0.309 e. The average molecular weight is 1540 g/mol. The molecule has 0 aliphatic heterocycles. The summed E-state index contributed by atoms with van der Waals surface area (Å²) in [6.07, 6.45) is 0. The maximum atomic E-state index is 5.62. The Morgan fingerprint density at radius 1 is 0.183 bits per heavy atom. The number of hydrogen-bond acceptors (Lipinski definition) is 5. The third-order valence-corrected chi connectivity index (χ3v) is 26.2. The molecule has 27 rings (SSSR count). The van der Waals surface area contributed by atoms with Crippen molar-refractivity contribution in [2.75, 3.05) is 0 Å². The van der Waals surface area contributed by atoms with Crippen molar-refractivity contribution in [2.45, 2.75) is 0 Å². The largest absolute Gasteiger partial charge is 0.309 e. The lowest BCUT2D eigenvalue weighted by Gasteiger charge is -2.13. The van der Waals surface area contributed by atoms with Crippen LogP contribution in [-0.2, 0) is 0 Å². The molecule has 9 nitrogen and oxygen atoms in total. The van der Waals surface area contributed by atoms with Crippen LogP contribution in [0.2, 0.25) is 0 Å². The van der Waals surface area contributed by atoms with Gasteiger partial charge in [-0.3, -0.25) is 9.13 Å². The van der Waals surface area contributed by atoms with Gasteiger partial charge in [-0.15, -0.1) is 11.3 Å². The van der Waals surface area contributed by atoms with Crippen LogP contribution in [0, 0.1) is 0 Å². The molecule has 8 aromatic heterocycles. The van der Waals surface area contributed by atoms with Crippen molar-refractivity contribution >= 4 is 205 Å². The Bertz CT molecular complexity index is 9090. The molecule has 27 aromatic rings. The lowest BCUT2D eigenvalue weighted by molar-refractivity contribution is 1.01. The molecule has 0 amide bonds. The van der Waals surface area contributed by atoms with Gasteiger partial charge >= 0.3 is 0 Å². The molecule has 10 heteroatoms. The molecule has 0 unspecified atom stereocenters. The number of fused-ring (bicyclic) bond motifs is 26. The van der Waals surface area contributed by atoms with Gasteiger partial charge in [-0.25, -0.2) is 19.9 Å². The van der Waals surface area contributed by atoms with Gasteiger partial charge in [-0.2, -0.15) is 0 Å². The number of thiophene rings is 1. The highest BCUT2D eigenvalue weighted by atomic mass is 32.1. The van der Waals surface area contributed by atoms with Crippen LogP contribution in [0.1, 0.15) is 0 Å². The Balaban J connectivity index is 0.000000130. The van der Waals surface area contributed by atoms with E-state index in [0.29, 0.717) is 11.9 Å². The second kappa shape index (κ2) is 25.8. The zero-order valence-electron chi connectivity index (χ0n) is 64.5. The smallest absolute Gasteiger partial charge is 0.235 e. The molecule has 0 aliphatic rings. The Morgan fingerprint density at radius 2 is 0.558 bits per heavy atom. The van der Waals surface area contributed by atoms with Crippen LogP contribution in [-0.4, -0.2) is 42.8 Å². The second-order valence-corrected chi connectivity index (χ2v) is 32.6. The quantitative estimate of drug-likeness (QED) is 0.159. The summed E-state index contributed by atoms with van der Waals surface area (Å²) < 4.78 is 14.4. The monoisotopic (exact) mass is 1540 g/mol. The van der Waals surface area contributed by atoms with Crippen LogP contribution in [0.4, 0.5) is 0 Å². The minimum absolute atomic E-state index is 0.632. The highest BCUT2D eigenvalue weighted by Gasteiger charge is 2.27. The average Bonchev–Trinajstić information content (AvgIpc) is 1.55. The molecule has 0 aliphatic carbocycles. The molecule has 120 heavy (non-hydrogen) atoms. The third-order valence-electron chi connectivity index (χ3n) is 25.1. The van der Waals surface area contributed by atoms with E-state index in [1.807, 2.05) is 11.3 Å². The Morgan fingerprint density at radius 3 is 1.09 bits per heavy atom. The number of rotatable bonds is 7. The summed E-state index contributed by atoms with van der Waals surface area (Å²) >= 11 is 1.83. The van der Waals surface area contributed by atoms with E-state index in [1.54, 1.807) is 0 Å². The molecule has 0 saturated carbocycles. The van der Waals surface area contributed by atoms with Gasteiger partial charge in [0.2, 0.25) is 11.9 Å². The number of aromatic nitrogens is 9. The van der Waals surface area contributed by atoms with E-state index < -0.39 is 0 Å². The standard InChI is InChI=1S/C58H35N5.C52H30N4S/c1-2-18-40(19-3-1)61-48-25-12-9-21-42(48)43-31-29-39(35-53(43)61)57-44-22-8-11-24-47(44)59-58(60-57)63-51-28-14-27-50(56(51)46-33-37-16-4-5-17-38(37)34-54(46)63)62-49-26-13-10-23-45(49)55-41-20-7-6-15-36(41)30-32-52(55)62;1-2-14-33-29-46-40(28-32(33)13-1)50-43(55-42-20-9-6-18-39(42)49-35-15-4-3-12-31(35)25-27-45(49)55)21-11-22-44(50)56(46)52-53-41-19-8-5-17-38(41)51(54-52)34-24-26-37-36-16-7-10-23-47(36)57-48(37)30-34/h1-35H;1-30H. The molecule has 0 bridgehead atoms. The molecule has 0 saturated heterocycles. The zero-order chi connectivity index (χ0) is 78.4. The summed E-state index contributed by atoms with van der Waals surface area (Å²) in [4.78, 5) is 21.9. The molecule has 0 fully saturated rings. The SMILES string of the molecule is c1ccc(-n2c3ccccc3c3ccc(-c4nc(-n5c6cc7ccccc7cc6c6c(-n7c8ccccc8c8c9ccccc9ccc87)cccc65)nc5ccccc45)cc32)cc1.c1ccc2cc3c(cc2c1)c1c(-n2c4ccccc4c4c5ccccc5ccc42)cccc1n3-c1nc(-c2ccc3c(c2)sc2ccccc23)c2ccccc2n1. The van der Waals surface area contributed by atoms with Crippen LogP contribution in [0.15, 0.2) is 394 Å². The van der Waals surface area contributed by atoms with Gasteiger partial charge in [0.05, 0.1) is 89.0 Å². The predicted octanol–water partition coefficient (Wildman–Crippen LogP) is 29.1. The molecule has 0 N–H and O–H groups in total. The van der Waals surface area contributed by atoms with Gasteiger partial charge in [0.15, 0.2) is 0 Å². The molecule has 19 aromatic carbocycles.